The van der Waals surface area contributed by atoms with Gasteiger partial charge in [0.25, 0.3) is 5.91 Å². The molecule has 1 aliphatic rings. The van der Waals surface area contributed by atoms with E-state index in [1.54, 1.807) is 48.0 Å². The van der Waals surface area contributed by atoms with E-state index >= 15 is 0 Å². The van der Waals surface area contributed by atoms with Crippen molar-refractivity contribution < 1.29 is 19.4 Å². The average molecular weight is 445 g/mol. The fourth-order valence-electron chi connectivity index (χ4n) is 3.43. The van der Waals surface area contributed by atoms with Crippen molar-refractivity contribution in [2.24, 2.45) is 0 Å². The van der Waals surface area contributed by atoms with Gasteiger partial charge in [-0.1, -0.05) is 61.2 Å². The molecule has 6 nitrogen and oxygen atoms in total. The molecule has 0 fully saturated rings. The van der Waals surface area contributed by atoms with Gasteiger partial charge in [0.15, 0.2) is 16.7 Å². The second-order valence-corrected chi connectivity index (χ2v) is 7.80. The summed E-state index contributed by atoms with van der Waals surface area (Å²) in [5.74, 6) is -1.05. The van der Waals surface area contributed by atoms with E-state index in [0.717, 1.165) is 5.56 Å². The predicted octanol–water partition coefficient (Wildman–Crippen LogP) is 4.89. The fourth-order valence-corrected chi connectivity index (χ4v) is 4.10. The van der Waals surface area contributed by atoms with Crippen molar-refractivity contribution >= 4 is 34.2 Å². The summed E-state index contributed by atoms with van der Waals surface area (Å²) < 4.78 is 5.53. The molecule has 0 bridgehead atoms. The maximum atomic E-state index is 13.1. The molecule has 0 aliphatic carbocycles. The van der Waals surface area contributed by atoms with Crippen molar-refractivity contribution in [3.8, 4) is 5.75 Å². The summed E-state index contributed by atoms with van der Waals surface area (Å²) in [7, 11) is 0. The third-order valence-electron chi connectivity index (χ3n) is 4.89. The number of aromatic nitrogens is 1. The number of aliphatic hydroxyl groups excluding tert-OH is 1. The molecule has 7 heteroatoms. The molecule has 160 valence electrons. The number of ketones is 1. The first-order valence-corrected chi connectivity index (χ1v) is 10.8. The minimum atomic E-state index is -0.810. The number of thiazole rings is 1. The van der Waals surface area contributed by atoms with E-state index in [1.807, 2.05) is 30.3 Å². The number of rotatable bonds is 8. The van der Waals surface area contributed by atoms with Crippen LogP contribution >= 0.6 is 11.3 Å². The molecule has 3 aromatic rings. The number of hydrogen-bond donors (Lipinski definition) is 1. The van der Waals surface area contributed by atoms with Crippen molar-refractivity contribution in [2.45, 2.75) is 6.04 Å². The molecule has 0 saturated carbocycles. The SMILES string of the molecule is C=CCOc1ccc(C2C(C(=O)/C=C/c3ccccc3)=C(O)C(=O)N2c2nccs2)cc1. The standard InChI is InChI=1S/C25H20N2O4S/c1-2-15-31-19-11-9-18(10-12-19)22-21(20(28)13-8-17-6-4-3-5-7-17)23(29)24(30)27(22)25-26-14-16-32-25/h2-14,16,22,29H,1,15H2/b13-8+. The molecule has 2 aromatic carbocycles. The van der Waals surface area contributed by atoms with Crippen LogP contribution in [-0.4, -0.2) is 28.4 Å². The van der Waals surface area contributed by atoms with Gasteiger partial charge in [-0.05, 0) is 29.3 Å². The Kier molecular flexibility index (Phi) is 6.28. The Morgan fingerprint density at radius 1 is 1.19 bits per heavy atom. The summed E-state index contributed by atoms with van der Waals surface area (Å²) in [6, 6.07) is 15.6. The van der Waals surface area contributed by atoms with Crippen molar-refractivity contribution in [3.05, 3.63) is 107 Å². The van der Waals surface area contributed by atoms with Gasteiger partial charge in [-0.25, -0.2) is 4.98 Å². The number of nitrogens with zero attached hydrogens (tertiary/aromatic N) is 2. The van der Waals surface area contributed by atoms with Crippen LogP contribution in [0, 0.1) is 0 Å². The van der Waals surface area contributed by atoms with Crippen molar-refractivity contribution in [2.75, 3.05) is 11.5 Å². The molecule has 0 saturated heterocycles. The normalized spacial score (nSPS) is 16.1. The molecule has 1 amide bonds. The molecule has 1 atom stereocenters. The Morgan fingerprint density at radius 3 is 2.59 bits per heavy atom. The summed E-state index contributed by atoms with van der Waals surface area (Å²) in [4.78, 5) is 31.7. The fraction of sp³-hybridized carbons (Fsp3) is 0.0800. The number of carbonyl (C=O) groups excluding carboxylic acids is 2. The van der Waals surface area contributed by atoms with Gasteiger partial charge in [0.1, 0.15) is 12.4 Å². The molecule has 1 aliphatic heterocycles. The largest absolute Gasteiger partial charge is 0.503 e. The van der Waals surface area contributed by atoms with E-state index in [0.29, 0.717) is 23.1 Å². The van der Waals surface area contributed by atoms with Gasteiger partial charge in [-0.2, -0.15) is 0 Å². The van der Waals surface area contributed by atoms with Gasteiger partial charge in [-0.3, -0.25) is 14.5 Å². The zero-order valence-corrected chi connectivity index (χ0v) is 17.9. The summed E-state index contributed by atoms with van der Waals surface area (Å²) in [6.45, 7) is 3.99. The molecular formula is C25H20N2O4S. The zero-order chi connectivity index (χ0) is 22.5. The molecule has 2 heterocycles. The number of hydrogen-bond acceptors (Lipinski definition) is 6. The number of ether oxygens (including phenoxy) is 1. The number of carbonyl (C=O) groups is 2. The highest BCUT2D eigenvalue weighted by Crippen LogP contribution is 2.42. The first-order chi connectivity index (χ1) is 15.6. The minimum absolute atomic E-state index is 0.0112. The van der Waals surface area contributed by atoms with Crippen LogP contribution in [0.25, 0.3) is 6.08 Å². The van der Waals surface area contributed by atoms with Crippen LogP contribution < -0.4 is 9.64 Å². The van der Waals surface area contributed by atoms with E-state index in [-0.39, 0.29) is 5.57 Å². The van der Waals surface area contributed by atoms with Gasteiger partial charge in [0, 0.05) is 11.6 Å². The molecule has 1 aromatic heterocycles. The minimum Gasteiger partial charge on any atom is -0.503 e. The average Bonchev–Trinajstić information content (AvgIpc) is 3.44. The molecule has 0 radical (unpaired) electrons. The molecular weight excluding hydrogens is 424 g/mol. The van der Waals surface area contributed by atoms with Crippen LogP contribution in [0.2, 0.25) is 0 Å². The number of aliphatic hydroxyl groups is 1. The Bertz CT molecular complexity index is 1180. The Balaban J connectivity index is 1.72. The third-order valence-corrected chi connectivity index (χ3v) is 5.66. The summed E-state index contributed by atoms with van der Waals surface area (Å²) in [6.07, 6.45) is 6.24. The van der Waals surface area contributed by atoms with Crippen LogP contribution in [0.15, 0.2) is 96.2 Å². The first-order valence-electron chi connectivity index (χ1n) is 9.87. The molecule has 1 N–H and O–H groups in total. The van der Waals surface area contributed by atoms with Gasteiger partial charge >= 0.3 is 0 Å². The van der Waals surface area contributed by atoms with E-state index < -0.39 is 23.5 Å². The number of anilines is 1. The van der Waals surface area contributed by atoms with Crippen LogP contribution in [0.1, 0.15) is 17.2 Å². The summed E-state index contributed by atoms with van der Waals surface area (Å²) in [5.41, 5.74) is 1.50. The van der Waals surface area contributed by atoms with Gasteiger partial charge < -0.3 is 9.84 Å². The Hall–Kier alpha value is -3.97. The molecule has 1 unspecified atom stereocenters. The topological polar surface area (TPSA) is 79.7 Å². The Morgan fingerprint density at radius 2 is 1.94 bits per heavy atom. The number of allylic oxidation sites excluding steroid dienone is 1. The second-order valence-electron chi connectivity index (χ2n) is 6.93. The second kappa shape index (κ2) is 9.45. The van der Waals surface area contributed by atoms with E-state index in [1.165, 1.54) is 22.3 Å². The highest BCUT2D eigenvalue weighted by molar-refractivity contribution is 7.13. The van der Waals surface area contributed by atoms with Gasteiger partial charge in [-0.15, -0.1) is 11.3 Å². The lowest BCUT2D eigenvalue weighted by molar-refractivity contribution is -0.117. The first kappa shape index (κ1) is 21.3. The van der Waals surface area contributed by atoms with Gasteiger partial charge in [0.2, 0.25) is 0 Å². The monoisotopic (exact) mass is 444 g/mol. The lowest BCUT2D eigenvalue weighted by atomic mass is 9.95. The molecule has 32 heavy (non-hydrogen) atoms. The lowest BCUT2D eigenvalue weighted by Crippen LogP contribution is -2.30. The summed E-state index contributed by atoms with van der Waals surface area (Å²) in [5, 5.41) is 12.8. The molecule has 0 spiro atoms. The van der Waals surface area contributed by atoms with E-state index in [9.17, 15) is 14.7 Å². The number of benzene rings is 2. The van der Waals surface area contributed by atoms with Crippen LogP contribution in [0.4, 0.5) is 5.13 Å². The predicted molar refractivity (Wildman–Crippen MR) is 125 cm³/mol. The van der Waals surface area contributed by atoms with Gasteiger partial charge in [0.05, 0.1) is 11.6 Å². The van der Waals surface area contributed by atoms with Crippen LogP contribution in [0.3, 0.4) is 0 Å². The molecule has 4 rings (SSSR count). The quantitative estimate of drug-likeness (QED) is 0.395. The van der Waals surface area contributed by atoms with Crippen LogP contribution in [-0.2, 0) is 9.59 Å². The Labute approximate surface area is 189 Å². The van der Waals surface area contributed by atoms with E-state index in [2.05, 4.69) is 11.6 Å². The summed E-state index contributed by atoms with van der Waals surface area (Å²) >= 11 is 1.25. The highest BCUT2D eigenvalue weighted by Gasteiger charge is 2.44. The van der Waals surface area contributed by atoms with Crippen LogP contribution in [0.5, 0.6) is 5.75 Å². The van der Waals surface area contributed by atoms with E-state index in [4.69, 9.17) is 4.74 Å². The van der Waals surface area contributed by atoms with Crippen molar-refractivity contribution in [1.82, 2.24) is 4.98 Å². The zero-order valence-electron chi connectivity index (χ0n) is 17.0. The van der Waals surface area contributed by atoms with Crippen molar-refractivity contribution in [3.63, 3.8) is 0 Å². The number of amides is 1. The smallest absolute Gasteiger partial charge is 0.296 e. The lowest BCUT2D eigenvalue weighted by Gasteiger charge is -2.24. The maximum Gasteiger partial charge on any atom is 0.296 e. The van der Waals surface area contributed by atoms with Crippen molar-refractivity contribution in [1.29, 1.82) is 0 Å². The third kappa shape index (κ3) is 4.24. The maximum absolute atomic E-state index is 13.1. The highest BCUT2D eigenvalue weighted by atomic mass is 32.1.